The summed E-state index contributed by atoms with van der Waals surface area (Å²) in [6.45, 7) is 1.16. The molecule has 8 heteroatoms. The van der Waals surface area contributed by atoms with Gasteiger partial charge in [-0.05, 0) is 25.0 Å². The number of carbonyl (C=O) groups is 1. The van der Waals surface area contributed by atoms with Gasteiger partial charge < -0.3 is 14.7 Å². The van der Waals surface area contributed by atoms with Gasteiger partial charge in [0.2, 0.25) is 0 Å². The number of nitrogens with zero attached hydrogens (tertiary/aromatic N) is 4. The fraction of sp³-hybridized carbons (Fsp3) is 0.824. The van der Waals surface area contributed by atoms with Crippen molar-refractivity contribution in [1.29, 1.82) is 0 Å². The first-order valence-corrected chi connectivity index (χ1v) is 10.4. The summed E-state index contributed by atoms with van der Waals surface area (Å²) in [5.41, 5.74) is 0.154. The highest BCUT2D eigenvalue weighted by Crippen LogP contribution is 2.30. The first-order valence-electron chi connectivity index (χ1n) is 9.28. The molecule has 1 N–H and O–H groups in total. The zero-order valence-electron chi connectivity index (χ0n) is 14.5. The van der Waals surface area contributed by atoms with E-state index in [-0.39, 0.29) is 12.2 Å². The maximum Gasteiger partial charge on any atom is 0.410 e. The molecule has 138 valence electrons. The molecule has 1 saturated carbocycles. The third kappa shape index (κ3) is 3.95. The maximum absolute atomic E-state index is 12.2. The van der Waals surface area contributed by atoms with Gasteiger partial charge in [0.05, 0.1) is 24.4 Å². The Hall–Kier alpha value is -1.28. The van der Waals surface area contributed by atoms with Crippen LogP contribution in [0.5, 0.6) is 0 Å². The van der Waals surface area contributed by atoms with E-state index in [2.05, 4.69) is 10.3 Å². The van der Waals surface area contributed by atoms with Crippen molar-refractivity contribution in [3.8, 4) is 0 Å². The number of aliphatic hydroxyl groups is 1. The Morgan fingerprint density at radius 1 is 1.36 bits per heavy atom. The number of aromatic nitrogens is 3. The molecule has 1 aromatic rings. The molecule has 1 aliphatic carbocycles. The fourth-order valence-corrected chi connectivity index (χ4v) is 5.41. The smallest absolute Gasteiger partial charge is 0.410 e. The molecular formula is C17H26N4O3S. The number of amides is 1. The lowest BCUT2D eigenvalue weighted by atomic mass is 9.94. The molecule has 4 rings (SSSR count). The van der Waals surface area contributed by atoms with E-state index < -0.39 is 5.60 Å². The molecule has 7 nitrogen and oxygen atoms in total. The van der Waals surface area contributed by atoms with Crippen LogP contribution < -0.4 is 0 Å². The van der Waals surface area contributed by atoms with Crippen molar-refractivity contribution < 1.29 is 14.6 Å². The molecule has 0 aromatic carbocycles. The minimum absolute atomic E-state index is 0.172. The average Bonchev–Trinajstić information content (AvgIpc) is 3.30. The van der Waals surface area contributed by atoms with Crippen molar-refractivity contribution >= 4 is 17.9 Å². The van der Waals surface area contributed by atoms with Crippen molar-refractivity contribution in [2.75, 3.05) is 18.1 Å². The van der Waals surface area contributed by atoms with E-state index in [4.69, 9.17) is 4.74 Å². The van der Waals surface area contributed by atoms with Crippen molar-refractivity contribution in [1.82, 2.24) is 19.9 Å². The molecule has 3 fully saturated rings. The maximum atomic E-state index is 12.2. The van der Waals surface area contributed by atoms with Crippen molar-refractivity contribution in [3.63, 3.8) is 0 Å². The van der Waals surface area contributed by atoms with Crippen molar-refractivity contribution in [3.05, 3.63) is 11.9 Å². The molecule has 2 saturated heterocycles. The van der Waals surface area contributed by atoms with Crippen LogP contribution in [0.4, 0.5) is 4.79 Å². The van der Waals surface area contributed by atoms with Crippen LogP contribution in [-0.2, 0) is 17.7 Å². The lowest BCUT2D eigenvalue weighted by Crippen LogP contribution is -2.38. The van der Waals surface area contributed by atoms with Gasteiger partial charge in [-0.25, -0.2) is 9.48 Å². The Kier molecular flexibility index (Phi) is 4.90. The van der Waals surface area contributed by atoms with E-state index in [1.807, 2.05) is 11.1 Å². The largest absolute Gasteiger partial charge is 0.442 e. The van der Waals surface area contributed by atoms with Crippen molar-refractivity contribution in [2.24, 2.45) is 0 Å². The molecule has 3 heterocycles. The first kappa shape index (κ1) is 17.1. The summed E-state index contributed by atoms with van der Waals surface area (Å²) in [5, 5.41) is 18.8. The lowest BCUT2D eigenvalue weighted by molar-refractivity contribution is 0.0676. The van der Waals surface area contributed by atoms with Crippen LogP contribution in [0.2, 0.25) is 0 Å². The van der Waals surface area contributed by atoms with E-state index in [0.717, 1.165) is 36.5 Å². The second kappa shape index (κ2) is 7.15. The van der Waals surface area contributed by atoms with Gasteiger partial charge in [-0.1, -0.05) is 24.5 Å². The Morgan fingerprint density at radius 3 is 2.96 bits per heavy atom. The van der Waals surface area contributed by atoms with Crippen LogP contribution in [-0.4, -0.2) is 66.9 Å². The molecule has 0 spiro atoms. The van der Waals surface area contributed by atoms with Gasteiger partial charge in [-0.15, -0.1) is 5.10 Å². The molecule has 25 heavy (non-hydrogen) atoms. The molecule has 0 radical (unpaired) electrons. The molecule has 1 aromatic heterocycles. The van der Waals surface area contributed by atoms with Gasteiger partial charge in [0.1, 0.15) is 6.10 Å². The van der Waals surface area contributed by atoms with Gasteiger partial charge in [-0.3, -0.25) is 0 Å². The van der Waals surface area contributed by atoms with E-state index >= 15 is 0 Å². The molecule has 2 aliphatic heterocycles. The second-order valence-electron chi connectivity index (χ2n) is 7.59. The summed E-state index contributed by atoms with van der Waals surface area (Å²) in [6.07, 6.45) is 8.72. The molecule has 2 atom stereocenters. The minimum Gasteiger partial charge on any atom is -0.442 e. The van der Waals surface area contributed by atoms with E-state index in [1.165, 1.54) is 19.3 Å². The number of cyclic esters (lactones) is 1. The summed E-state index contributed by atoms with van der Waals surface area (Å²) in [7, 11) is 0. The SMILES string of the molecule is O=C1OC(Cn2cc(CC3(O)CCSC3)nn2)CN1C1CCCCC1. The highest BCUT2D eigenvalue weighted by Gasteiger charge is 2.37. The zero-order valence-corrected chi connectivity index (χ0v) is 15.3. The summed E-state index contributed by atoms with van der Waals surface area (Å²) in [5.74, 6) is 1.76. The van der Waals surface area contributed by atoms with E-state index in [0.29, 0.717) is 25.6 Å². The summed E-state index contributed by atoms with van der Waals surface area (Å²) in [6, 6.07) is 0.340. The third-order valence-electron chi connectivity index (χ3n) is 5.49. The Labute approximate surface area is 152 Å². The van der Waals surface area contributed by atoms with E-state index in [9.17, 15) is 9.90 Å². The minimum atomic E-state index is -0.650. The lowest BCUT2D eigenvalue weighted by Gasteiger charge is -2.28. The predicted octanol–water partition coefficient (Wildman–Crippen LogP) is 1.84. The number of rotatable bonds is 5. The predicted molar refractivity (Wildman–Crippen MR) is 94.5 cm³/mol. The zero-order chi connectivity index (χ0) is 17.3. The number of thioether (sulfide) groups is 1. The summed E-state index contributed by atoms with van der Waals surface area (Å²) >= 11 is 1.78. The highest BCUT2D eigenvalue weighted by molar-refractivity contribution is 7.99. The Bertz CT molecular complexity index is 611. The van der Waals surface area contributed by atoms with Crippen LogP contribution in [0.3, 0.4) is 0 Å². The van der Waals surface area contributed by atoms with Crippen LogP contribution in [0.25, 0.3) is 0 Å². The number of ether oxygens (including phenoxy) is 1. The number of hydrogen-bond acceptors (Lipinski definition) is 6. The summed E-state index contributed by atoms with van der Waals surface area (Å²) in [4.78, 5) is 14.1. The molecule has 2 unspecified atom stereocenters. The van der Waals surface area contributed by atoms with Gasteiger partial charge in [-0.2, -0.15) is 11.8 Å². The quantitative estimate of drug-likeness (QED) is 0.856. The standard InChI is InChI=1S/C17H26N4O3S/c22-16-21(14-4-2-1-3-5-14)11-15(24-16)10-20-9-13(18-19-20)8-17(23)6-7-25-12-17/h9,14-15,23H,1-8,10-12H2. The van der Waals surface area contributed by atoms with Crippen LogP contribution in [0.15, 0.2) is 6.20 Å². The van der Waals surface area contributed by atoms with Gasteiger partial charge in [0, 0.05) is 24.4 Å². The highest BCUT2D eigenvalue weighted by atomic mass is 32.2. The van der Waals surface area contributed by atoms with E-state index in [1.54, 1.807) is 16.4 Å². The van der Waals surface area contributed by atoms with Crippen molar-refractivity contribution in [2.45, 2.75) is 69.2 Å². The Balaban J connectivity index is 1.32. The fourth-order valence-electron chi connectivity index (χ4n) is 4.12. The normalized spacial score (nSPS) is 30.8. The molecule has 1 amide bonds. The third-order valence-corrected chi connectivity index (χ3v) is 6.72. The van der Waals surface area contributed by atoms with Gasteiger partial charge >= 0.3 is 6.09 Å². The number of carbonyl (C=O) groups excluding carboxylic acids is 1. The Morgan fingerprint density at radius 2 is 2.20 bits per heavy atom. The summed E-state index contributed by atoms with van der Waals surface area (Å²) < 4.78 is 7.28. The second-order valence-corrected chi connectivity index (χ2v) is 8.69. The molecular weight excluding hydrogens is 340 g/mol. The van der Waals surface area contributed by atoms with Gasteiger partial charge in [0.25, 0.3) is 0 Å². The molecule has 3 aliphatic rings. The average molecular weight is 366 g/mol. The molecule has 0 bridgehead atoms. The monoisotopic (exact) mass is 366 g/mol. The first-order chi connectivity index (χ1) is 12.1. The van der Waals surface area contributed by atoms with Crippen LogP contribution in [0.1, 0.15) is 44.2 Å². The van der Waals surface area contributed by atoms with Gasteiger partial charge in [0.15, 0.2) is 0 Å². The topological polar surface area (TPSA) is 80.5 Å². The van der Waals surface area contributed by atoms with Crippen LogP contribution >= 0.6 is 11.8 Å². The van der Waals surface area contributed by atoms with Crippen LogP contribution in [0, 0.1) is 0 Å². The number of hydrogen-bond donors (Lipinski definition) is 1.